The van der Waals surface area contributed by atoms with Gasteiger partial charge in [-0.15, -0.1) is 0 Å². The van der Waals surface area contributed by atoms with Crippen molar-refractivity contribution in [3.05, 3.63) is 72.1 Å². The summed E-state index contributed by atoms with van der Waals surface area (Å²) in [5, 5.41) is 4.86. The van der Waals surface area contributed by atoms with Crippen LogP contribution in [-0.4, -0.2) is 41.5 Å². The van der Waals surface area contributed by atoms with Gasteiger partial charge in [-0.1, -0.05) is 24.3 Å². The van der Waals surface area contributed by atoms with E-state index in [1.807, 2.05) is 6.07 Å². The number of benzene rings is 2. The molecule has 0 spiro atoms. The van der Waals surface area contributed by atoms with Crippen LogP contribution in [0.1, 0.15) is 56.0 Å². The van der Waals surface area contributed by atoms with Gasteiger partial charge in [0.1, 0.15) is 5.60 Å². The molecule has 1 aliphatic rings. The first-order valence-electron chi connectivity index (χ1n) is 13.1. The summed E-state index contributed by atoms with van der Waals surface area (Å²) in [6.07, 6.45) is -1.54. The highest BCUT2D eigenvalue weighted by Crippen LogP contribution is 2.42. The number of nitrogens with zero attached hydrogens (tertiary/aromatic N) is 2. The summed E-state index contributed by atoms with van der Waals surface area (Å²) in [6.45, 7) is 5.78. The number of carbonyl (C=O) groups is 3. The van der Waals surface area contributed by atoms with Gasteiger partial charge in [-0.25, -0.2) is 4.79 Å². The Balaban J connectivity index is 1.61. The summed E-state index contributed by atoms with van der Waals surface area (Å²) >= 11 is 0. The molecule has 11 heteroatoms. The molecular formula is C30H31F3N4O4. The fourth-order valence-corrected chi connectivity index (χ4v) is 4.50. The monoisotopic (exact) mass is 568 g/mol. The molecule has 1 saturated heterocycles. The van der Waals surface area contributed by atoms with Crippen LogP contribution in [0, 0.1) is 0 Å². The Labute approximate surface area is 235 Å². The number of hydrogen-bond donors (Lipinski definition) is 2. The van der Waals surface area contributed by atoms with Crippen molar-refractivity contribution >= 4 is 34.8 Å². The maximum absolute atomic E-state index is 14.1. The van der Waals surface area contributed by atoms with Gasteiger partial charge in [-0.3, -0.25) is 19.9 Å². The third kappa shape index (κ3) is 7.84. The molecule has 3 aromatic rings. The van der Waals surface area contributed by atoms with Crippen molar-refractivity contribution < 1.29 is 32.3 Å². The van der Waals surface area contributed by atoms with Crippen LogP contribution in [0.2, 0.25) is 0 Å². The molecule has 0 saturated carbocycles. The minimum atomic E-state index is -4.73. The molecule has 2 aromatic carbocycles. The Bertz CT molecular complexity index is 1430. The Hall–Kier alpha value is -4.41. The van der Waals surface area contributed by atoms with Gasteiger partial charge in [0.05, 0.1) is 29.0 Å². The normalized spacial score (nSPS) is 13.6. The predicted molar refractivity (Wildman–Crippen MR) is 150 cm³/mol. The second kappa shape index (κ2) is 12.0. The van der Waals surface area contributed by atoms with E-state index >= 15 is 0 Å². The first-order chi connectivity index (χ1) is 19.3. The molecule has 2 amide bonds. The number of aromatic nitrogens is 1. The summed E-state index contributed by atoms with van der Waals surface area (Å²) in [6, 6.07) is 12.2. The van der Waals surface area contributed by atoms with Gasteiger partial charge in [-0.2, -0.15) is 13.2 Å². The van der Waals surface area contributed by atoms with Gasteiger partial charge in [0.25, 0.3) is 0 Å². The van der Waals surface area contributed by atoms with Crippen molar-refractivity contribution in [2.45, 2.75) is 51.8 Å². The van der Waals surface area contributed by atoms with E-state index in [-0.39, 0.29) is 22.6 Å². The summed E-state index contributed by atoms with van der Waals surface area (Å²) < 4.78 is 47.7. The van der Waals surface area contributed by atoms with Gasteiger partial charge >= 0.3 is 12.3 Å². The highest BCUT2D eigenvalue weighted by molar-refractivity contribution is 6.12. The number of alkyl halides is 3. The van der Waals surface area contributed by atoms with Gasteiger partial charge < -0.3 is 15.0 Å². The number of ketones is 1. The molecule has 8 nitrogen and oxygen atoms in total. The summed E-state index contributed by atoms with van der Waals surface area (Å²) in [4.78, 5) is 44.1. The molecule has 0 atom stereocenters. The van der Waals surface area contributed by atoms with E-state index in [0.29, 0.717) is 13.1 Å². The lowest BCUT2D eigenvalue weighted by Crippen LogP contribution is -2.28. The lowest BCUT2D eigenvalue weighted by atomic mass is 10.0. The Morgan fingerprint density at radius 3 is 2.24 bits per heavy atom. The van der Waals surface area contributed by atoms with Gasteiger partial charge in [0, 0.05) is 36.6 Å². The average Bonchev–Trinajstić information content (AvgIpc) is 3.43. The van der Waals surface area contributed by atoms with Crippen molar-refractivity contribution in [2.75, 3.05) is 28.6 Å². The van der Waals surface area contributed by atoms with Gasteiger partial charge in [-0.05, 0) is 63.4 Å². The molecule has 0 radical (unpaired) electrons. The lowest BCUT2D eigenvalue weighted by Gasteiger charge is -2.26. The number of ether oxygens (including phenoxy) is 1. The minimum absolute atomic E-state index is 0.0754. The SMILES string of the molecule is CC(C)(C)OC(=O)Nc1cc(N2CCCC2)c(C(F)(F)F)cc1NC(=O)CC(=O)c1cccc(-c2cccnc2)c1. The van der Waals surface area contributed by atoms with Crippen LogP contribution < -0.4 is 15.5 Å². The molecule has 1 aliphatic heterocycles. The van der Waals surface area contributed by atoms with Crippen molar-refractivity contribution in [3.8, 4) is 11.1 Å². The molecule has 0 aliphatic carbocycles. The topological polar surface area (TPSA) is 101 Å². The zero-order chi connectivity index (χ0) is 29.8. The van der Waals surface area contributed by atoms with Crippen molar-refractivity contribution in [1.82, 2.24) is 4.98 Å². The number of Topliss-reactive ketones (excluding diaryl/α,β-unsaturated/α-hetero) is 1. The molecule has 0 bridgehead atoms. The quantitative estimate of drug-likeness (QED) is 0.237. The van der Waals surface area contributed by atoms with Crippen LogP contribution in [-0.2, 0) is 15.7 Å². The Morgan fingerprint density at radius 1 is 0.927 bits per heavy atom. The van der Waals surface area contributed by atoms with E-state index in [1.54, 1.807) is 68.4 Å². The van der Waals surface area contributed by atoms with E-state index in [0.717, 1.165) is 30.0 Å². The molecule has 0 unspecified atom stereocenters. The largest absolute Gasteiger partial charge is 0.444 e. The van der Waals surface area contributed by atoms with E-state index in [2.05, 4.69) is 15.6 Å². The standard InChI is InChI=1S/C30H31F3N4O4/c1-29(2,3)41-28(40)36-24-16-25(37-12-4-5-13-37)22(30(31,32)33)15-23(24)35-27(39)17-26(38)20-9-6-8-19(14-20)21-10-7-11-34-18-21/h6-11,14-16,18H,4-5,12-13,17H2,1-3H3,(H,35,39)(H,36,40). The third-order valence-corrected chi connectivity index (χ3v) is 6.30. The average molecular weight is 569 g/mol. The number of rotatable bonds is 7. The third-order valence-electron chi connectivity index (χ3n) is 6.30. The van der Waals surface area contributed by atoms with Crippen LogP contribution in [0.15, 0.2) is 60.9 Å². The van der Waals surface area contributed by atoms with Crippen LogP contribution >= 0.6 is 0 Å². The van der Waals surface area contributed by atoms with Crippen LogP contribution in [0.3, 0.4) is 0 Å². The van der Waals surface area contributed by atoms with Crippen LogP contribution in [0.4, 0.5) is 35.0 Å². The first kappa shape index (κ1) is 29.6. The zero-order valence-corrected chi connectivity index (χ0v) is 23.0. The summed E-state index contributed by atoms with van der Waals surface area (Å²) in [5.74, 6) is -1.37. The fraction of sp³-hybridized carbons (Fsp3) is 0.333. The fourth-order valence-electron chi connectivity index (χ4n) is 4.50. The lowest BCUT2D eigenvalue weighted by molar-refractivity contribution is -0.137. The maximum Gasteiger partial charge on any atom is 0.418 e. The predicted octanol–water partition coefficient (Wildman–Crippen LogP) is 6.93. The van der Waals surface area contributed by atoms with E-state index in [9.17, 15) is 27.6 Å². The van der Waals surface area contributed by atoms with Crippen LogP contribution in [0.5, 0.6) is 0 Å². The van der Waals surface area contributed by atoms with E-state index in [4.69, 9.17) is 4.74 Å². The number of anilines is 3. The van der Waals surface area contributed by atoms with Crippen molar-refractivity contribution in [3.63, 3.8) is 0 Å². The van der Waals surface area contributed by atoms with Gasteiger partial charge in [0.15, 0.2) is 5.78 Å². The number of hydrogen-bond acceptors (Lipinski definition) is 6. The first-order valence-corrected chi connectivity index (χ1v) is 13.1. The molecule has 1 aromatic heterocycles. The maximum atomic E-state index is 14.1. The number of pyridine rings is 1. The Kier molecular flexibility index (Phi) is 8.65. The highest BCUT2D eigenvalue weighted by atomic mass is 19.4. The molecular weight excluding hydrogens is 537 g/mol. The number of amides is 2. The van der Waals surface area contributed by atoms with E-state index < -0.39 is 41.5 Å². The van der Waals surface area contributed by atoms with Gasteiger partial charge in [0.2, 0.25) is 5.91 Å². The summed E-state index contributed by atoms with van der Waals surface area (Å²) in [5.41, 5.74) is -0.547. The van der Waals surface area contributed by atoms with Crippen molar-refractivity contribution in [1.29, 1.82) is 0 Å². The van der Waals surface area contributed by atoms with Crippen molar-refractivity contribution in [2.24, 2.45) is 0 Å². The zero-order valence-electron chi connectivity index (χ0n) is 23.0. The number of nitrogens with one attached hydrogen (secondary N) is 2. The second-order valence-corrected chi connectivity index (χ2v) is 10.7. The van der Waals surface area contributed by atoms with E-state index in [1.165, 1.54) is 6.07 Å². The minimum Gasteiger partial charge on any atom is -0.444 e. The second-order valence-electron chi connectivity index (χ2n) is 10.7. The van der Waals surface area contributed by atoms with Crippen LogP contribution in [0.25, 0.3) is 11.1 Å². The smallest absolute Gasteiger partial charge is 0.418 e. The molecule has 4 rings (SSSR count). The molecule has 2 heterocycles. The number of halogens is 3. The molecule has 41 heavy (non-hydrogen) atoms. The Morgan fingerprint density at radius 2 is 1.61 bits per heavy atom. The molecule has 216 valence electrons. The summed E-state index contributed by atoms with van der Waals surface area (Å²) in [7, 11) is 0. The highest BCUT2D eigenvalue weighted by Gasteiger charge is 2.37. The molecule has 1 fully saturated rings. The number of carbonyl (C=O) groups excluding carboxylic acids is 3. The molecule has 2 N–H and O–H groups in total.